The number of rotatable bonds is 7. The number of pyridine rings is 1. The predicted octanol–water partition coefficient (Wildman–Crippen LogP) is -0.239. The van der Waals surface area contributed by atoms with Crippen molar-refractivity contribution in [2.75, 3.05) is 0 Å². The summed E-state index contributed by atoms with van der Waals surface area (Å²) >= 11 is 0. The highest BCUT2D eigenvalue weighted by molar-refractivity contribution is 6.38. The van der Waals surface area contributed by atoms with Gasteiger partial charge < -0.3 is 11.1 Å². The van der Waals surface area contributed by atoms with E-state index >= 15 is 0 Å². The summed E-state index contributed by atoms with van der Waals surface area (Å²) in [7, 11) is 0. The van der Waals surface area contributed by atoms with E-state index in [2.05, 4.69) is 25.3 Å². The Balaban J connectivity index is 1.89. The summed E-state index contributed by atoms with van der Waals surface area (Å²) in [6.45, 7) is 1.69. The Morgan fingerprint density at radius 2 is 1.79 bits per heavy atom. The topological polar surface area (TPSA) is 146 Å². The van der Waals surface area contributed by atoms with Crippen LogP contribution in [-0.4, -0.2) is 48.1 Å². The second-order valence-electron chi connectivity index (χ2n) is 5.85. The summed E-state index contributed by atoms with van der Waals surface area (Å²) in [5.74, 6) is -1.94. The molecule has 1 atom stereocenters. The maximum absolute atomic E-state index is 12.8. The van der Waals surface area contributed by atoms with Crippen molar-refractivity contribution in [2.24, 2.45) is 5.73 Å². The number of carbonyl (C=O) groups excluding carboxylic acids is 3. The van der Waals surface area contributed by atoms with Gasteiger partial charge in [-0.05, 0) is 25.1 Å². The summed E-state index contributed by atoms with van der Waals surface area (Å²) in [6.07, 6.45) is 5.97. The molecular weight excluding hydrogens is 362 g/mol. The minimum atomic E-state index is -1.17. The van der Waals surface area contributed by atoms with Crippen molar-refractivity contribution >= 4 is 17.6 Å². The first-order chi connectivity index (χ1) is 13.5. The van der Waals surface area contributed by atoms with Gasteiger partial charge in [0.25, 0.3) is 11.8 Å². The first-order valence-corrected chi connectivity index (χ1v) is 8.33. The zero-order valence-corrected chi connectivity index (χ0v) is 14.9. The highest BCUT2D eigenvalue weighted by Gasteiger charge is 2.28. The Bertz CT molecular complexity index is 1000. The van der Waals surface area contributed by atoms with Crippen molar-refractivity contribution in [3.8, 4) is 5.95 Å². The number of primary amides is 1. The molecule has 0 aromatic carbocycles. The van der Waals surface area contributed by atoms with E-state index < -0.39 is 23.6 Å². The second kappa shape index (κ2) is 8.16. The van der Waals surface area contributed by atoms with Crippen LogP contribution in [0.1, 0.15) is 22.0 Å². The number of nitrogens with one attached hydrogen (secondary N) is 1. The molecule has 10 nitrogen and oxygen atoms in total. The summed E-state index contributed by atoms with van der Waals surface area (Å²) in [5, 5.41) is 2.54. The molecule has 0 bridgehead atoms. The van der Waals surface area contributed by atoms with E-state index in [0.29, 0.717) is 11.5 Å². The number of amides is 2. The molecule has 3 aromatic heterocycles. The van der Waals surface area contributed by atoms with Crippen molar-refractivity contribution in [1.82, 2.24) is 29.8 Å². The third-order valence-corrected chi connectivity index (χ3v) is 3.93. The number of ketones is 1. The molecule has 3 rings (SSSR count). The fourth-order valence-corrected chi connectivity index (χ4v) is 2.60. The van der Waals surface area contributed by atoms with Gasteiger partial charge in [-0.25, -0.2) is 15.0 Å². The Morgan fingerprint density at radius 1 is 1.07 bits per heavy atom. The smallest absolute Gasteiger partial charge is 0.287 e. The van der Waals surface area contributed by atoms with E-state index in [0.717, 1.165) is 0 Å². The van der Waals surface area contributed by atoms with Crippen LogP contribution in [0.3, 0.4) is 0 Å². The first-order valence-electron chi connectivity index (χ1n) is 8.33. The zero-order chi connectivity index (χ0) is 20.1. The van der Waals surface area contributed by atoms with Gasteiger partial charge in [0.15, 0.2) is 0 Å². The summed E-state index contributed by atoms with van der Waals surface area (Å²) in [5.41, 5.74) is 5.78. The van der Waals surface area contributed by atoms with E-state index in [-0.39, 0.29) is 18.1 Å². The molecular formula is C18H17N7O3. The highest BCUT2D eigenvalue weighted by atomic mass is 16.2. The van der Waals surface area contributed by atoms with Crippen molar-refractivity contribution in [3.05, 3.63) is 66.3 Å². The molecule has 142 valence electrons. The highest BCUT2D eigenvalue weighted by Crippen LogP contribution is 2.11. The Kier molecular flexibility index (Phi) is 5.49. The van der Waals surface area contributed by atoms with Crippen molar-refractivity contribution in [2.45, 2.75) is 19.4 Å². The van der Waals surface area contributed by atoms with Crippen LogP contribution in [0.25, 0.3) is 5.95 Å². The average Bonchev–Trinajstić information content (AvgIpc) is 3.09. The average molecular weight is 379 g/mol. The summed E-state index contributed by atoms with van der Waals surface area (Å²) in [4.78, 5) is 52.9. The molecule has 0 radical (unpaired) electrons. The number of imidazole rings is 1. The SMILES string of the molecule is Cc1ncc(C(=O)NC(Cc2ccccn2)C(=O)C(N)=O)n1-c1ncccn1. The van der Waals surface area contributed by atoms with Gasteiger partial charge in [0, 0.05) is 30.7 Å². The van der Waals surface area contributed by atoms with Crippen LogP contribution in [0.2, 0.25) is 0 Å². The van der Waals surface area contributed by atoms with E-state index in [4.69, 9.17) is 5.73 Å². The molecule has 28 heavy (non-hydrogen) atoms. The van der Waals surface area contributed by atoms with Crippen LogP contribution < -0.4 is 11.1 Å². The molecule has 0 spiro atoms. The van der Waals surface area contributed by atoms with Crippen LogP contribution in [-0.2, 0) is 16.0 Å². The molecule has 0 saturated carbocycles. The van der Waals surface area contributed by atoms with Gasteiger partial charge in [-0.3, -0.25) is 23.9 Å². The molecule has 2 amide bonds. The second-order valence-corrected chi connectivity index (χ2v) is 5.85. The molecule has 0 saturated heterocycles. The number of nitrogens with zero attached hydrogens (tertiary/aromatic N) is 5. The van der Waals surface area contributed by atoms with Crippen LogP contribution >= 0.6 is 0 Å². The lowest BCUT2D eigenvalue weighted by Crippen LogP contribution is -2.47. The Hall–Kier alpha value is -3.95. The number of hydrogen-bond donors (Lipinski definition) is 2. The van der Waals surface area contributed by atoms with Gasteiger partial charge >= 0.3 is 0 Å². The van der Waals surface area contributed by atoms with Crippen molar-refractivity contribution in [3.63, 3.8) is 0 Å². The standard InChI is InChI=1S/C18H17N7O3/c1-11-23-10-14(25(11)18-21-7-4-8-22-18)17(28)24-13(15(26)16(19)27)9-12-5-2-3-6-20-12/h2-8,10,13H,9H2,1H3,(H2,19,27)(H,24,28). The van der Waals surface area contributed by atoms with Gasteiger partial charge in [-0.2, -0.15) is 0 Å². The number of carbonyl (C=O) groups is 3. The molecule has 3 heterocycles. The summed E-state index contributed by atoms with van der Waals surface area (Å²) in [6, 6.07) is 5.61. The molecule has 10 heteroatoms. The van der Waals surface area contributed by atoms with Gasteiger partial charge in [-0.1, -0.05) is 6.07 Å². The zero-order valence-electron chi connectivity index (χ0n) is 14.9. The number of Topliss-reactive ketones (excluding diaryl/α,β-unsaturated/α-hetero) is 1. The van der Waals surface area contributed by atoms with Gasteiger partial charge in [0.05, 0.1) is 6.20 Å². The van der Waals surface area contributed by atoms with E-state index in [1.54, 1.807) is 37.4 Å². The quantitative estimate of drug-likeness (QED) is 0.539. The Morgan fingerprint density at radius 3 is 2.43 bits per heavy atom. The van der Waals surface area contributed by atoms with E-state index in [9.17, 15) is 14.4 Å². The maximum Gasteiger partial charge on any atom is 0.287 e. The number of hydrogen-bond acceptors (Lipinski definition) is 7. The lowest BCUT2D eigenvalue weighted by molar-refractivity contribution is -0.137. The third kappa shape index (κ3) is 4.06. The lowest BCUT2D eigenvalue weighted by Gasteiger charge is -2.16. The number of aromatic nitrogens is 5. The van der Waals surface area contributed by atoms with Crippen molar-refractivity contribution in [1.29, 1.82) is 0 Å². The molecule has 0 fully saturated rings. The number of nitrogens with two attached hydrogens (primary N) is 1. The van der Waals surface area contributed by atoms with Gasteiger partial charge in [-0.15, -0.1) is 0 Å². The van der Waals surface area contributed by atoms with Crippen LogP contribution in [0.5, 0.6) is 0 Å². The molecule has 3 aromatic rings. The van der Waals surface area contributed by atoms with E-state index in [1.807, 2.05) is 0 Å². The number of aryl methyl sites for hydroxylation is 1. The van der Waals surface area contributed by atoms with Crippen LogP contribution in [0, 0.1) is 6.92 Å². The molecule has 1 unspecified atom stereocenters. The maximum atomic E-state index is 12.8. The van der Waals surface area contributed by atoms with Crippen LogP contribution in [0.15, 0.2) is 49.1 Å². The minimum Gasteiger partial charge on any atom is -0.363 e. The normalized spacial score (nSPS) is 11.6. The fraction of sp³-hybridized carbons (Fsp3) is 0.167. The van der Waals surface area contributed by atoms with Crippen molar-refractivity contribution < 1.29 is 14.4 Å². The van der Waals surface area contributed by atoms with Gasteiger partial charge in [0.2, 0.25) is 11.7 Å². The largest absolute Gasteiger partial charge is 0.363 e. The first kappa shape index (κ1) is 18.8. The van der Waals surface area contributed by atoms with E-state index in [1.165, 1.54) is 23.2 Å². The predicted molar refractivity (Wildman–Crippen MR) is 97.3 cm³/mol. The van der Waals surface area contributed by atoms with Crippen LogP contribution in [0.4, 0.5) is 0 Å². The monoisotopic (exact) mass is 379 g/mol. The summed E-state index contributed by atoms with van der Waals surface area (Å²) < 4.78 is 1.45. The lowest BCUT2D eigenvalue weighted by atomic mass is 10.1. The molecule has 0 aliphatic heterocycles. The molecule has 0 aliphatic carbocycles. The Labute approximate surface area is 159 Å². The van der Waals surface area contributed by atoms with Gasteiger partial charge in [0.1, 0.15) is 17.6 Å². The minimum absolute atomic E-state index is 0.0172. The molecule has 0 aliphatic rings. The molecule has 3 N–H and O–H groups in total. The fourth-order valence-electron chi connectivity index (χ4n) is 2.60. The third-order valence-electron chi connectivity index (χ3n) is 3.93.